The Hall–Kier alpha value is -2.69. The molecule has 0 atom stereocenters. The van der Waals surface area contributed by atoms with Gasteiger partial charge in [0.15, 0.2) is 5.17 Å². The highest BCUT2D eigenvalue weighted by Crippen LogP contribution is 2.35. The summed E-state index contributed by atoms with van der Waals surface area (Å²) in [5.74, 6) is 0.755. The molecule has 0 aliphatic carbocycles. The highest BCUT2D eigenvalue weighted by Gasteiger charge is 2.24. The summed E-state index contributed by atoms with van der Waals surface area (Å²) in [4.78, 5) is 27.9. The van der Waals surface area contributed by atoms with E-state index in [0.717, 1.165) is 21.3 Å². The molecule has 4 rings (SSSR count). The zero-order valence-electron chi connectivity index (χ0n) is 16.8. The van der Waals surface area contributed by atoms with Gasteiger partial charge in [-0.2, -0.15) is 0 Å². The molecular weight excluding hydrogens is 562 g/mol. The molecule has 0 radical (unpaired) electrons. The maximum atomic E-state index is 12.4. The first-order valence-electron chi connectivity index (χ1n) is 9.32. The molecule has 1 fully saturated rings. The van der Waals surface area contributed by atoms with Gasteiger partial charge < -0.3 is 9.73 Å². The van der Waals surface area contributed by atoms with Crippen LogP contribution in [0.3, 0.4) is 0 Å². The van der Waals surface area contributed by atoms with Crippen molar-refractivity contribution in [2.75, 3.05) is 0 Å². The van der Waals surface area contributed by atoms with Crippen LogP contribution in [0.15, 0.2) is 65.7 Å². The number of aryl methyl sites for hydroxylation is 2. The summed E-state index contributed by atoms with van der Waals surface area (Å²) >= 11 is 8.12. The van der Waals surface area contributed by atoms with Gasteiger partial charge in [-0.3, -0.25) is 14.9 Å². The van der Waals surface area contributed by atoms with Crippen LogP contribution in [0, 0.1) is 24.0 Å². The second kappa shape index (κ2) is 9.05. The van der Waals surface area contributed by atoms with Crippen LogP contribution < -0.4 is 5.32 Å². The molecule has 0 bridgehead atoms. The number of non-ortho nitro benzene ring substituents is 1. The number of nitro groups is 1. The lowest BCUT2D eigenvalue weighted by Gasteiger charge is -2.04. The predicted octanol–water partition coefficient (Wildman–Crippen LogP) is 6.89. The van der Waals surface area contributed by atoms with E-state index in [1.54, 1.807) is 24.3 Å². The van der Waals surface area contributed by atoms with Gasteiger partial charge in [-0.15, -0.1) is 0 Å². The Labute approximate surface area is 204 Å². The molecular formula is C22H15Br2N3O4S. The Morgan fingerprint density at radius 2 is 1.84 bits per heavy atom. The second-order valence-corrected chi connectivity index (χ2v) is 9.68. The lowest BCUT2D eigenvalue weighted by atomic mass is 10.1. The number of thioether (sulfide) groups is 1. The van der Waals surface area contributed by atoms with Gasteiger partial charge in [0.1, 0.15) is 11.5 Å². The van der Waals surface area contributed by atoms with Crippen LogP contribution in [0.4, 0.5) is 11.4 Å². The van der Waals surface area contributed by atoms with E-state index in [-0.39, 0.29) is 11.6 Å². The van der Waals surface area contributed by atoms with Crippen molar-refractivity contribution >= 4 is 72.1 Å². The number of rotatable bonds is 4. The molecule has 7 nitrogen and oxygen atoms in total. The lowest BCUT2D eigenvalue weighted by Crippen LogP contribution is -2.19. The number of carbonyl (C=O) groups excluding carboxylic acids is 1. The zero-order chi connectivity index (χ0) is 23.0. The summed E-state index contributed by atoms with van der Waals surface area (Å²) in [6, 6.07) is 11.8. The van der Waals surface area contributed by atoms with Gasteiger partial charge in [-0.1, -0.05) is 15.9 Å². The average Bonchev–Trinajstić information content (AvgIpc) is 3.32. The number of amidine groups is 1. The number of halogens is 2. The quantitative estimate of drug-likeness (QED) is 0.207. The van der Waals surface area contributed by atoms with Gasteiger partial charge in [-0.05, 0) is 83.0 Å². The average molecular weight is 577 g/mol. The SMILES string of the molecule is Cc1cc(N=C2NC(=O)/C(=C\c3ccc(-c4ccc([N+](=O)[O-])cc4Br)o3)S2)cc(C)c1Br. The van der Waals surface area contributed by atoms with E-state index in [1.807, 2.05) is 26.0 Å². The van der Waals surface area contributed by atoms with E-state index >= 15 is 0 Å². The molecule has 1 aliphatic heterocycles. The van der Waals surface area contributed by atoms with E-state index in [4.69, 9.17) is 4.42 Å². The van der Waals surface area contributed by atoms with Crippen molar-refractivity contribution in [1.29, 1.82) is 0 Å². The van der Waals surface area contributed by atoms with E-state index < -0.39 is 4.92 Å². The minimum Gasteiger partial charge on any atom is -0.457 e. The number of aliphatic imine (C=N–C) groups is 1. The maximum Gasteiger partial charge on any atom is 0.270 e. The first kappa shape index (κ1) is 22.5. The molecule has 1 aromatic heterocycles. The van der Waals surface area contributed by atoms with Crippen molar-refractivity contribution in [3.05, 3.63) is 83.3 Å². The van der Waals surface area contributed by atoms with Gasteiger partial charge in [0.2, 0.25) is 0 Å². The minimum atomic E-state index is -0.460. The number of hydrogen-bond donors (Lipinski definition) is 1. The third-order valence-corrected chi connectivity index (χ3v) is 7.45. The van der Waals surface area contributed by atoms with Gasteiger partial charge in [0.05, 0.1) is 15.5 Å². The van der Waals surface area contributed by atoms with Crippen molar-refractivity contribution in [3.63, 3.8) is 0 Å². The summed E-state index contributed by atoms with van der Waals surface area (Å²) < 4.78 is 7.43. The lowest BCUT2D eigenvalue weighted by molar-refractivity contribution is -0.384. The van der Waals surface area contributed by atoms with E-state index in [0.29, 0.717) is 31.6 Å². The van der Waals surface area contributed by atoms with E-state index in [1.165, 1.54) is 23.9 Å². The van der Waals surface area contributed by atoms with Crippen molar-refractivity contribution in [2.24, 2.45) is 4.99 Å². The number of hydrogen-bond acceptors (Lipinski definition) is 6. The smallest absolute Gasteiger partial charge is 0.270 e. The zero-order valence-corrected chi connectivity index (χ0v) is 20.8. The normalized spacial score (nSPS) is 16.1. The van der Waals surface area contributed by atoms with Crippen LogP contribution in [0.25, 0.3) is 17.4 Å². The molecule has 2 heterocycles. The van der Waals surface area contributed by atoms with Crippen LogP contribution in [0.5, 0.6) is 0 Å². The number of nitrogens with zero attached hydrogens (tertiary/aromatic N) is 2. The van der Waals surface area contributed by atoms with Crippen molar-refractivity contribution in [3.8, 4) is 11.3 Å². The Balaban J connectivity index is 1.56. The summed E-state index contributed by atoms with van der Waals surface area (Å²) in [6.45, 7) is 3.98. The van der Waals surface area contributed by atoms with E-state index in [2.05, 4.69) is 42.2 Å². The highest BCUT2D eigenvalue weighted by atomic mass is 79.9. The summed E-state index contributed by atoms with van der Waals surface area (Å²) in [5.41, 5.74) is 3.55. The monoisotopic (exact) mass is 575 g/mol. The van der Waals surface area contributed by atoms with Crippen molar-refractivity contribution in [1.82, 2.24) is 5.32 Å². The fourth-order valence-corrected chi connectivity index (χ4v) is 4.72. The van der Waals surface area contributed by atoms with Crippen molar-refractivity contribution < 1.29 is 14.1 Å². The first-order valence-corrected chi connectivity index (χ1v) is 11.7. The number of furan rings is 1. The molecule has 1 saturated heterocycles. The highest BCUT2D eigenvalue weighted by molar-refractivity contribution is 9.11. The molecule has 3 aromatic rings. The molecule has 0 spiro atoms. The second-order valence-electron chi connectivity index (χ2n) is 7.00. The van der Waals surface area contributed by atoms with Crippen LogP contribution in [-0.2, 0) is 4.79 Å². The Morgan fingerprint density at radius 1 is 1.12 bits per heavy atom. The minimum absolute atomic E-state index is 0.0171. The van der Waals surface area contributed by atoms with E-state index in [9.17, 15) is 14.9 Å². The number of benzene rings is 2. The Bertz CT molecular complexity index is 1310. The maximum absolute atomic E-state index is 12.4. The van der Waals surface area contributed by atoms with Crippen molar-refractivity contribution in [2.45, 2.75) is 13.8 Å². The third kappa shape index (κ3) is 4.72. The molecule has 32 heavy (non-hydrogen) atoms. The molecule has 0 saturated carbocycles. The molecule has 1 N–H and O–H groups in total. The molecule has 10 heteroatoms. The Kier molecular flexibility index (Phi) is 6.36. The topological polar surface area (TPSA) is 97.7 Å². The number of carbonyl (C=O) groups is 1. The molecule has 1 amide bonds. The van der Waals surface area contributed by atoms with Gasteiger partial charge in [-0.25, -0.2) is 4.99 Å². The van der Waals surface area contributed by atoms with Crippen LogP contribution >= 0.6 is 43.6 Å². The Morgan fingerprint density at radius 3 is 2.50 bits per heavy atom. The first-order chi connectivity index (χ1) is 15.2. The van der Waals surface area contributed by atoms with Gasteiger partial charge in [0.25, 0.3) is 11.6 Å². The molecule has 2 aromatic carbocycles. The predicted molar refractivity (Wildman–Crippen MR) is 133 cm³/mol. The summed E-state index contributed by atoms with van der Waals surface area (Å²) in [7, 11) is 0. The van der Waals surface area contributed by atoms with Gasteiger partial charge in [0, 0.05) is 32.7 Å². The largest absolute Gasteiger partial charge is 0.457 e. The third-order valence-electron chi connectivity index (χ3n) is 4.63. The molecule has 0 unspecified atom stereocenters. The number of nitro benzene ring substituents is 1. The number of nitrogens with one attached hydrogen (secondary N) is 1. The molecule has 162 valence electrons. The number of amides is 1. The van der Waals surface area contributed by atoms with Crippen LogP contribution in [0.1, 0.15) is 16.9 Å². The fourth-order valence-electron chi connectivity index (χ4n) is 3.11. The standard InChI is InChI=1S/C22H15Br2N3O4S/c1-11-7-13(8-12(2)20(11)24)25-22-26-21(28)19(32-22)10-15-4-6-18(31-15)16-5-3-14(27(29)30)9-17(16)23/h3-10H,1-2H3,(H,25,26,28)/b19-10+. The van der Waals surface area contributed by atoms with Crippen LogP contribution in [-0.4, -0.2) is 16.0 Å². The summed E-state index contributed by atoms with van der Waals surface area (Å²) in [6.07, 6.45) is 1.64. The van der Waals surface area contributed by atoms with Crippen LogP contribution in [0.2, 0.25) is 0 Å². The molecule has 1 aliphatic rings. The fraction of sp³-hybridized carbons (Fsp3) is 0.0909. The van der Waals surface area contributed by atoms with Gasteiger partial charge >= 0.3 is 0 Å². The summed E-state index contributed by atoms with van der Waals surface area (Å²) in [5, 5.41) is 14.2.